The summed E-state index contributed by atoms with van der Waals surface area (Å²) in [5.41, 5.74) is 5.48. The SMILES string of the molecule is CCCCSCC(N)CO.Cl. The molecule has 4 heteroatoms. The van der Waals surface area contributed by atoms with Crippen molar-refractivity contribution in [1.29, 1.82) is 0 Å². The lowest BCUT2D eigenvalue weighted by atomic mass is 10.4. The van der Waals surface area contributed by atoms with Gasteiger partial charge in [-0.15, -0.1) is 12.4 Å². The fourth-order valence-corrected chi connectivity index (χ4v) is 1.60. The molecule has 0 aliphatic heterocycles. The Kier molecular flexibility index (Phi) is 13.5. The van der Waals surface area contributed by atoms with Crippen LogP contribution in [0.25, 0.3) is 0 Å². The normalized spacial score (nSPS) is 12.3. The molecule has 0 saturated heterocycles. The van der Waals surface area contributed by atoms with E-state index in [1.807, 2.05) is 11.8 Å². The molecule has 0 aliphatic carbocycles. The van der Waals surface area contributed by atoms with E-state index in [1.165, 1.54) is 18.6 Å². The standard InChI is InChI=1S/C7H17NOS.ClH/c1-2-3-4-10-6-7(8)5-9;/h7,9H,2-6,8H2,1H3;1H. The highest BCUT2D eigenvalue weighted by molar-refractivity contribution is 7.99. The molecule has 0 heterocycles. The van der Waals surface area contributed by atoms with Crippen molar-refractivity contribution in [3.8, 4) is 0 Å². The smallest absolute Gasteiger partial charge is 0.0590 e. The number of aliphatic hydroxyl groups excluding tert-OH is 1. The molecule has 11 heavy (non-hydrogen) atoms. The van der Waals surface area contributed by atoms with Crippen LogP contribution < -0.4 is 5.73 Å². The topological polar surface area (TPSA) is 46.2 Å². The van der Waals surface area contributed by atoms with E-state index >= 15 is 0 Å². The number of hydrogen-bond acceptors (Lipinski definition) is 3. The highest BCUT2D eigenvalue weighted by Crippen LogP contribution is 2.04. The molecule has 2 nitrogen and oxygen atoms in total. The van der Waals surface area contributed by atoms with Gasteiger partial charge >= 0.3 is 0 Å². The summed E-state index contributed by atoms with van der Waals surface area (Å²) in [5, 5.41) is 8.55. The first-order valence-electron chi connectivity index (χ1n) is 3.75. The average molecular weight is 200 g/mol. The van der Waals surface area contributed by atoms with Crippen LogP contribution in [-0.4, -0.2) is 29.3 Å². The van der Waals surface area contributed by atoms with Gasteiger partial charge in [-0.3, -0.25) is 0 Å². The number of nitrogens with two attached hydrogens (primary N) is 1. The van der Waals surface area contributed by atoms with Crippen molar-refractivity contribution < 1.29 is 5.11 Å². The van der Waals surface area contributed by atoms with E-state index in [0.29, 0.717) is 0 Å². The van der Waals surface area contributed by atoms with Crippen LogP contribution in [0.5, 0.6) is 0 Å². The molecule has 70 valence electrons. The first-order valence-corrected chi connectivity index (χ1v) is 4.91. The quantitative estimate of drug-likeness (QED) is 0.634. The number of unbranched alkanes of at least 4 members (excludes halogenated alkanes) is 1. The molecule has 0 aliphatic rings. The maximum Gasteiger partial charge on any atom is 0.0590 e. The van der Waals surface area contributed by atoms with Crippen molar-refractivity contribution in [1.82, 2.24) is 0 Å². The minimum absolute atomic E-state index is 0. The summed E-state index contributed by atoms with van der Waals surface area (Å²) in [6.45, 7) is 2.28. The zero-order chi connectivity index (χ0) is 7.82. The first kappa shape index (κ1) is 14.1. The van der Waals surface area contributed by atoms with Crippen molar-refractivity contribution in [2.24, 2.45) is 5.73 Å². The van der Waals surface area contributed by atoms with Crippen molar-refractivity contribution in [2.45, 2.75) is 25.8 Å². The van der Waals surface area contributed by atoms with E-state index in [-0.39, 0.29) is 25.1 Å². The zero-order valence-electron chi connectivity index (χ0n) is 6.95. The van der Waals surface area contributed by atoms with Crippen LogP contribution >= 0.6 is 24.2 Å². The second-order valence-corrected chi connectivity index (χ2v) is 3.52. The summed E-state index contributed by atoms with van der Waals surface area (Å²) in [5.74, 6) is 2.06. The molecule has 1 unspecified atom stereocenters. The summed E-state index contributed by atoms with van der Waals surface area (Å²) in [6, 6.07) is -0.0261. The zero-order valence-corrected chi connectivity index (χ0v) is 8.59. The van der Waals surface area contributed by atoms with Crippen molar-refractivity contribution in [3.63, 3.8) is 0 Å². The van der Waals surface area contributed by atoms with Gasteiger partial charge in [0.2, 0.25) is 0 Å². The molecule has 0 rings (SSSR count). The number of thioether (sulfide) groups is 1. The maximum absolute atomic E-state index is 8.55. The lowest BCUT2D eigenvalue weighted by Gasteiger charge is -2.05. The average Bonchev–Trinajstić information content (AvgIpc) is 1.98. The van der Waals surface area contributed by atoms with E-state index in [9.17, 15) is 0 Å². The Hall–Kier alpha value is 0.560. The Labute approximate surface area is 79.3 Å². The van der Waals surface area contributed by atoms with Gasteiger partial charge in [0, 0.05) is 11.8 Å². The van der Waals surface area contributed by atoms with Crippen LogP contribution in [0, 0.1) is 0 Å². The highest BCUT2D eigenvalue weighted by atomic mass is 35.5. The van der Waals surface area contributed by atoms with Gasteiger partial charge in [0.25, 0.3) is 0 Å². The van der Waals surface area contributed by atoms with Gasteiger partial charge in [0.15, 0.2) is 0 Å². The van der Waals surface area contributed by atoms with Crippen LogP contribution in [0.1, 0.15) is 19.8 Å². The van der Waals surface area contributed by atoms with Gasteiger partial charge in [-0.05, 0) is 12.2 Å². The molecule has 0 aromatic heterocycles. The number of halogens is 1. The largest absolute Gasteiger partial charge is 0.395 e. The summed E-state index contributed by atoms with van der Waals surface area (Å²) in [6.07, 6.45) is 2.49. The van der Waals surface area contributed by atoms with Crippen LogP contribution in [0.3, 0.4) is 0 Å². The number of rotatable bonds is 6. The first-order chi connectivity index (χ1) is 4.81. The molecule has 0 radical (unpaired) electrons. The minimum atomic E-state index is -0.0261. The maximum atomic E-state index is 8.55. The van der Waals surface area contributed by atoms with Crippen LogP contribution in [0.4, 0.5) is 0 Å². The fraction of sp³-hybridized carbons (Fsp3) is 1.00. The Morgan fingerprint density at radius 1 is 1.55 bits per heavy atom. The lowest BCUT2D eigenvalue weighted by Crippen LogP contribution is -2.27. The third-order valence-electron chi connectivity index (χ3n) is 1.21. The Bertz CT molecular complexity index is 75.5. The Morgan fingerprint density at radius 2 is 2.18 bits per heavy atom. The molecule has 3 N–H and O–H groups in total. The minimum Gasteiger partial charge on any atom is -0.395 e. The van der Waals surface area contributed by atoms with E-state index in [2.05, 4.69) is 6.92 Å². The van der Waals surface area contributed by atoms with Crippen LogP contribution in [0.15, 0.2) is 0 Å². The van der Waals surface area contributed by atoms with Crippen LogP contribution in [-0.2, 0) is 0 Å². The molecule has 0 spiro atoms. The van der Waals surface area contributed by atoms with Crippen molar-refractivity contribution in [2.75, 3.05) is 18.1 Å². The molecule has 1 atom stereocenters. The Morgan fingerprint density at radius 3 is 2.64 bits per heavy atom. The third-order valence-corrected chi connectivity index (χ3v) is 2.45. The predicted molar refractivity (Wildman–Crippen MR) is 54.5 cm³/mol. The van der Waals surface area contributed by atoms with Gasteiger partial charge in [-0.25, -0.2) is 0 Å². The summed E-state index contributed by atoms with van der Waals surface area (Å²) >= 11 is 1.83. The van der Waals surface area contributed by atoms with Gasteiger partial charge in [0.05, 0.1) is 6.61 Å². The molecule has 0 fully saturated rings. The summed E-state index contributed by atoms with van der Waals surface area (Å²) in [4.78, 5) is 0. The lowest BCUT2D eigenvalue weighted by molar-refractivity contribution is 0.275. The number of hydrogen-bond donors (Lipinski definition) is 2. The molecule has 0 bridgehead atoms. The van der Waals surface area contributed by atoms with Gasteiger partial charge in [-0.1, -0.05) is 13.3 Å². The van der Waals surface area contributed by atoms with E-state index in [1.54, 1.807) is 0 Å². The van der Waals surface area contributed by atoms with E-state index < -0.39 is 0 Å². The molecule has 0 aromatic carbocycles. The second-order valence-electron chi connectivity index (χ2n) is 2.37. The number of aliphatic hydroxyl groups is 1. The Balaban J connectivity index is 0. The van der Waals surface area contributed by atoms with Gasteiger partial charge in [-0.2, -0.15) is 11.8 Å². The molecule has 0 saturated carbocycles. The fourth-order valence-electron chi connectivity index (χ4n) is 0.534. The van der Waals surface area contributed by atoms with Gasteiger partial charge in [0.1, 0.15) is 0 Å². The second kappa shape index (κ2) is 10.6. The highest BCUT2D eigenvalue weighted by Gasteiger charge is 1.98. The summed E-state index contributed by atoms with van der Waals surface area (Å²) in [7, 11) is 0. The predicted octanol–water partition coefficient (Wildman–Crippen LogP) is 1.26. The van der Waals surface area contributed by atoms with E-state index in [4.69, 9.17) is 10.8 Å². The molecular weight excluding hydrogens is 182 g/mol. The molecular formula is C7H18ClNOS. The monoisotopic (exact) mass is 199 g/mol. The molecule has 0 amide bonds. The molecule has 0 aromatic rings. The van der Waals surface area contributed by atoms with Gasteiger partial charge < -0.3 is 10.8 Å². The summed E-state index contributed by atoms with van der Waals surface area (Å²) < 4.78 is 0. The third kappa shape index (κ3) is 10.6. The van der Waals surface area contributed by atoms with E-state index in [0.717, 1.165) is 5.75 Å². The van der Waals surface area contributed by atoms with Crippen molar-refractivity contribution >= 4 is 24.2 Å². The van der Waals surface area contributed by atoms with Crippen molar-refractivity contribution in [3.05, 3.63) is 0 Å². The van der Waals surface area contributed by atoms with Crippen LogP contribution in [0.2, 0.25) is 0 Å².